The van der Waals surface area contributed by atoms with E-state index in [1.54, 1.807) is 6.20 Å². The van der Waals surface area contributed by atoms with Crippen LogP contribution in [0.25, 0.3) is 0 Å². The van der Waals surface area contributed by atoms with Gasteiger partial charge < -0.3 is 15.2 Å². The highest BCUT2D eigenvalue weighted by molar-refractivity contribution is 5.90. The third-order valence-electron chi connectivity index (χ3n) is 4.05. The Morgan fingerprint density at radius 3 is 2.70 bits per heavy atom. The fourth-order valence-electron chi connectivity index (χ4n) is 2.78. The first-order chi connectivity index (χ1) is 11.2. The van der Waals surface area contributed by atoms with Crippen LogP contribution in [-0.4, -0.2) is 33.1 Å². The molecule has 0 aromatic carbocycles. The maximum atomic E-state index is 12.1. The van der Waals surface area contributed by atoms with Gasteiger partial charge in [-0.2, -0.15) is 4.98 Å². The molecule has 122 valence electrons. The van der Waals surface area contributed by atoms with E-state index >= 15 is 0 Å². The Morgan fingerprint density at radius 2 is 2.04 bits per heavy atom. The molecular formula is C16H21N5O2. The minimum absolute atomic E-state index is 0.121. The Kier molecular flexibility index (Phi) is 4.85. The Labute approximate surface area is 134 Å². The molecule has 0 unspecified atom stereocenters. The lowest BCUT2D eigenvalue weighted by Gasteiger charge is -2.29. The van der Waals surface area contributed by atoms with Crippen LogP contribution in [0.4, 0.5) is 5.82 Å². The molecule has 1 aliphatic rings. The van der Waals surface area contributed by atoms with Gasteiger partial charge in [0, 0.05) is 24.7 Å². The Morgan fingerprint density at radius 1 is 1.26 bits per heavy atom. The Hall–Kier alpha value is -2.44. The second-order valence-corrected chi connectivity index (χ2v) is 5.75. The lowest BCUT2D eigenvalue weighted by atomic mass is 9.91. The van der Waals surface area contributed by atoms with Gasteiger partial charge in [0.25, 0.3) is 11.7 Å². The zero-order valence-electron chi connectivity index (χ0n) is 13.2. The molecule has 7 heteroatoms. The number of pyridine rings is 1. The van der Waals surface area contributed by atoms with Crippen LogP contribution in [0, 0.1) is 0 Å². The summed E-state index contributed by atoms with van der Waals surface area (Å²) >= 11 is 0. The van der Waals surface area contributed by atoms with Crippen molar-refractivity contribution in [2.45, 2.75) is 51.1 Å². The van der Waals surface area contributed by atoms with Gasteiger partial charge in [-0.3, -0.25) is 4.79 Å². The molecule has 2 aromatic rings. The van der Waals surface area contributed by atoms with Gasteiger partial charge in [-0.05, 0) is 37.8 Å². The topological polar surface area (TPSA) is 92.9 Å². The quantitative estimate of drug-likeness (QED) is 0.878. The van der Waals surface area contributed by atoms with Crippen LogP contribution < -0.4 is 10.6 Å². The summed E-state index contributed by atoms with van der Waals surface area (Å²) in [6.45, 7) is 1.91. The molecule has 2 aromatic heterocycles. The van der Waals surface area contributed by atoms with Crippen molar-refractivity contribution in [2.24, 2.45) is 0 Å². The minimum Gasteiger partial charge on any atom is -0.367 e. The fourth-order valence-corrected chi connectivity index (χ4v) is 2.78. The van der Waals surface area contributed by atoms with Crippen LogP contribution in [0.1, 0.15) is 49.1 Å². The summed E-state index contributed by atoms with van der Waals surface area (Å²) in [6, 6.07) is 6.40. The second-order valence-electron chi connectivity index (χ2n) is 5.75. The van der Waals surface area contributed by atoms with Crippen molar-refractivity contribution in [3.63, 3.8) is 0 Å². The van der Waals surface area contributed by atoms with Gasteiger partial charge in [0.15, 0.2) is 0 Å². The molecule has 1 amide bonds. The molecule has 0 radical (unpaired) electrons. The smallest absolute Gasteiger partial charge is 0.292 e. The molecule has 0 bridgehead atoms. The highest BCUT2D eigenvalue weighted by atomic mass is 16.5. The number of rotatable bonds is 5. The number of anilines is 1. The summed E-state index contributed by atoms with van der Waals surface area (Å²) < 4.78 is 4.97. The van der Waals surface area contributed by atoms with Crippen molar-refractivity contribution < 1.29 is 9.32 Å². The zero-order chi connectivity index (χ0) is 16.1. The summed E-state index contributed by atoms with van der Waals surface area (Å²) in [5, 5.41) is 10.1. The van der Waals surface area contributed by atoms with Crippen molar-refractivity contribution >= 4 is 11.7 Å². The number of hydrogen-bond donors (Lipinski definition) is 2. The first-order valence-corrected chi connectivity index (χ1v) is 8.05. The maximum Gasteiger partial charge on any atom is 0.292 e. The summed E-state index contributed by atoms with van der Waals surface area (Å²) in [7, 11) is 0. The predicted molar refractivity (Wildman–Crippen MR) is 85.0 cm³/mol. The molecule has 23 heavy (non-hydrogen) atoms. The van der Waals surface area contributed by atoms with E-state index in [2.05, 4.69) is 25.8 Å². The molecule has 7 nitrogen and oxygen atoms in total. The maximum absolute atomic E-state index is 12.1. The van der Waals surface area contributed by atoms with Crippen molar-refractivity contribution in [1.82, 2.24) is 20.4 Å². The average Bonchev–Trinajstić information content (AvgIpc) is 3.07. The molecule has 0 aliphatic heterocycles. The fraction of sp³-hybridized carbons (Fsp3) is 0.500. The number of nitrogens with one attached hydrogen (secondary N) is 2. The van der Waals surface area contributed by atoms with Crippen molar-refractivity contribution in [3.05, 3.63) is 36.1 Å². The van der Waals surface area contributed by atoms with E-state index in [9.17, 15) is 4.79 Å². The van der Waals surface area contributed by atoms with Gasteiger partial charge in [0.1, 0.15) is 5.82 Å². The van der Waals surface area contributed by atoms with Gasteiger partial charge in [-0.1, -0.05) is 18.1 Å². The first-order valence-electron chi connectivity index (χ1n) is 8.05. The van der Waals surface area contributed by atoms with Crippen LogP contribution in [0.5, 0.6) is 0 Å². The van der Waals surface area contributed by atoms with Crippen molar-refractivity contribution in [2.75, 3.05) is 5.32 Å². The number of carbonyl (C=O) groups excluding carboxylic acids is 1. The van der Waals surface area contributed by atoms with Gasteiger partial charge >= 0.3 is 0 Å². The molecule has 2 N–H and O–H groups in total. The van der Waals surface area contributed by atoms with Crippen LogP contribution >= 0.6 is 0 Å². The predicted octanol–water partition coefficient (Wildman–Crippen LogP) is 2.18. The van der Waals surface area contributed by atoms with Gasteiger partial charge in [-0.25, -0.2) is 4.98 Å². The highest BCUT2D eigenvalue weighted by Gasteiger charge is 2.24. The Balaban J connectivity index is 1.46. The molecule has 3 rings (SSSR count). The summed E-state index contributed by atoms with van der Waals surface area (Å²) in [5.41, 5.74) is 0. The van der Waals surface area contributed by atoms with E-state index in [4.69, 9.17) is 4.52 Å². The third kappa shape index (κ3) is 4.06. The van der Waals surface area contributed by atoms with E-state index in [1.165, 1.54) is 0 Å². The van der Waals surface area contributed by atoms with E-state index in [-0.39, 0.29) is 17.8 Å². The lowest BCUT2D eigenvalue weighted by Crippen LogP contribution is -2.40. The van der Waals surface area contributed by atoms with E-state index in [0.717, 1.165) is 31.5 Å². The first kappa shape index (κ1) is 15.5. The monoisotopic (exact) mass is 315 g/mol. The van der Waals surface area contributed by atoms with Crippen LogP contribution in [0.15, 0.2) is 28.9 Å². The number of nitrogens with zero attached hydrogens (tertiary/aromatic N) is 3. The molecule has 0 spiro atoms. The summed E-state index contributed by atoms with van der Waals surface area (Å²) in [5.74, 6) is 1.25. The van der Waals surface area contributed by atoms with Crippen LogP contribution in [0.3, 0.4) is 0 Å². The lowest BCUT2D eigenvalue weighted by molar-refractivity contribution is 0.0913. The van der Waals surface area contributed by atoms with E-state index in [0.29, 0.717) is 18.4 Å². The molecule has 1 saturated carbocycles. The van der Waals surface area contributed by atoms with Gasteiger partial charge in [0.05, 0.1) is 0 Å². The van der Waals surface area contributed by atoms with Crippen LogP contribution in [-0.2, 0) is 6.42 Å². The number of hydrogen-bond acceptors (Lipinski definition) is 6. The number of aryl methyl sites for hydroxylation is 1. The highest BCUT2D eigenvalue weighted by Crippen LogP contribution is 2.21. The zero-order valence-corrected chi connectivity index (χ0v) is 13.2. The average molecular weight is 315 g/mol. The van der Waals surface area contributed by atoms with Gasteiger partial charge in [0.2, 0.25) is 5.89 Å². The van der Waals surface area contributed by atoms with Crippen molar-refractivity contribution in [1.29, 1.82) is 0 Å². The van der Waals surface area contributed by atoms with Crippen LogP contribution in [0.2, 0.25) is 0 Å². The van der Waals surface area contributed by atoms with E-state index in [1.807, 2.05) is 25.1 Å². The molecule has 2 heterocycles. The second kappa shape index (κ2) is 7.21. The molecule has 1 fully saturated rings. The number of aromatic nitrogens is 3. The normalized spacial score (nSPS) is 20.9. The SMILES string of the molecule is CCc1nc(C(=O)NC2CCC(Nc3ccccn3)CC2)no1. The number of amides is 1. The molecule has 0 saturated heterocycles. The van der Waals surface area contributed by atoms with Gasteiger partial charge in [-0.15, -0.1) is 0 Å². The largest absolute Gasteiger partial charge is 0.367 e. The standard InChI is InChI=1S/C16H21N5O2/c1-2-14-20-15(21-23-14)16(22)19-12-8-6-11(7-9-12)18-13-5-3-4-10-17-13/h3-5,10-12H,2,6-9H2,1H3,(H,17,18)(H,19,22). The Bertz CT molecular complexity index is 635. The number of carbonyl (C=O) groups is 1. The summed E-state index contributed by atoms with van der Waals surface area (Å²) in [4.78, 5) is 20.4. The molecule has 0 atom stereocenters. The summed E-state index contributed by atoms with van der Waals surface area (Å²) in [6.07, 6.45) is 6.25. The van der Waals surface area contributed by atoms with E-state index < -0.39 is 0 Å². The minimum atomic E-state index is -0.255. The van der Waals surface area contributed by atoms with Crippen molar-refractivity contribution in [3.8, 4) is 0 Å². The third-order valence-corrected chi connectivity index (χ3v) is 4.05. The molecule has 1 aliphatic carbocycles. The molecular weight excluding hydrogens is 294 g/mol.